The van der Waals surface area contributed by atoms with Crippen molar-refractivity contribution < 1.29 is 9.53 Å². The maximum atomic E-state index is 11.6. The summed E-state index contributed by atoms with van der Waals surface area (Å²) in [4.78, 5) is 11.6. The summed E-state index contributed by atoms with van der Waals surface area (Å²) < 4.78 is 4.85. The Bertz CT molecular complexity index is 244. The van der Waals surface area contributed by atoms with Crippen molar-refractivity contribution in [2.75, 3.05) is 7.11 Å². The molecule has 0 aromatic carbocycles. The zero-order valence-corrected chi connectivity index (χ0v) is 13.2. The fourth-order valence-corrected chi connectivity index (χ4v) is 2.17. The van der Waals surface area contributed by atoms with Crippen molar-refractivity contribution in [1.82, 2.24) is 0 Å². The smallest absolute Gasteiger partial charge is 0.333 e. The Balaban J connectivity index is 3.80. The van der Waals surface area contributed by atoms with E-state index in [1.165, 1.54) is 52.1 Å². The standard InChI is InChI=1S/C17H32O2/c1-4-6-8-9-10-11-13-15-16(17(18)19-3)14-12-7-5-2/h14H,4-13,15H2,1-3H3/b16-14-. The predicted molar refractivity (Wildman–Crippen MR) is 82.2 cm³/mol. The summed E-state index contributed by atoms with van der Waals surface area (Å²) in [6.45, 7) is 4.41. The SMILES string of the molecule is CCCC/C=C(/CCCCCCCCC)C(=O)OC. The Kier molecular flexibility index (Phi) is 13.1. The maximum Gasteiger partial charge on any atom is 0.333 e. The Hall–Kier alpha value is -0.790. The normalized spacial score (nSPS) is 11.6. The van der Waals surface area contributed by atoms with E-state index in [1.807, 2.05) is 0 Å². The molecular weight excluding hydrogens is 236 g/mol. The molecule has 0 spiro atoms. The van der Waals surface area contributed by atoms with Crippen molar-refractivity contribution in [3.05, 3.63) is 11.6 Å². The van der Waals surface area contributed by atoms with Gasteiger partial charge in [-0.2, -0.15) is 0 Å². The summed E-state index contributed by atoms with van der Waals surface area (Å²) in [7, 11) is 1.47. The van der Waals surface area contributed by atoms with Gasteiger partial charge in [-0.25, -0.2) is 4.79 Å². The first-order chi connectivity index (χ1) is 9.26. The Morgan fingerprint density at radius 2 is 1.47 bits per heavy atom. The number of carbonyl (C=O) groups excluding carboxylic acids is 1. The number of methoxy groups -OCH3 is 1. The third kappa shape index (κ3) is 10.8. The lowest BCUT2D eigenvalue weighted by Gasteiger charge is -2.06. The number of hydrogen-bond acceptors (Lipinski definition) is 2. The number of hydrogen-bond donors (Lipinski definition) is 0. The molecule has 0 aliphatic carbocycles. The van der Waals surface area contributed by atoms with E-state index < -0.39 is 0 Å². The molecule has 0 aliphatic rings. The summed E-state index contributed by atoms with van der Waals surface area (Å²) >= 11 is 0. The van der Waals surface area contributed by atoms with Gasteiger partial charge < -0.3 is 4.74 Å². The lowest BCUT2D eigenvalue weighted by atomic mass is 10.0. The molecule has 19 heavy (non-hydrogen) atoms. The maximum absolute atomic E-state index is 11.6. The van der Waals surface area contributed by atoms with Gasteiger partial charge in [0.15, 0.2) is 0 Å². The van der Waals surface area contributed by atoms with Gasteiger partial charge >= 0.3 is 5.97 Å². The highest BCUT2D eigenvalue weighted by Gasteiger charge is 2.08. The highest BCUT2D eigenvalue weighted by molar-refractivity contribution is 5.88. The van der Waals surface area contributed by atoms with Crippen molar-refractivity contribution in [3.63, 3.8) is 0 Å². The molecule has 0 aromatic rings. The average molecular weight is 268 g/mol. The molecule has 0 unspecified atom stereocenters. The van der Waals surface area contributed by atoms with Gasteiger partial charge in [0.1, 0.15) is 0 Å². The van der Waals surface area contributed by atoms with Gasteiger partial charge in [0, 0.05) is 5.57 Å². The van der Waals surface area contributed by atoms with Crippen LogP contribution in [0.25, 0.3) is 0 Å². The van der Waals surface area contributed by atoms with E-state index in [2.05, 4.69) is 19.9 Å². The van der Waals surface area contributed by atoms with Crippen molar-refractivity contribution in [1.29, 1.82) is 0 Å². The molecule has 0 atom stereocenters. The number of ether oxygens (including phenoxy) is 1. The van der Waals surface area contributed by atoms with Crippen LogP contribution in [0, 0.1) is 0 Å². The molecule has 0 heterocycles. The number of esters is 1. The second-order valence-corrected chi connectivity index (χ2v) is 5.23. The number of carbonyl (C=O) groups is 1. The number of unbranched alkanes of at least 4 members (excludes halogenated alkanes) is 8. The second-order valence-electron chi connectivity index (χ2n) is 5.23. The number of allylic oxidation sites excluding steroid dienone is 1. The van der Waals surface area contributed by atoms with Crippen LogP contribution >= 0.6 is 0 Å². The molecule has 0 fully saturated rings. The van der Waals surface area contributed by atoms with Gasteiger partial charge in [-0.1, -0.05) is 71.3 Å². The van der Waals surface area contributed by atoms with Crippen molar-refractivity contribution in [2.24, 2.45) is 0 Å². The van der Waals surface area contributed by atoms with Crippen LogP contribution in [0.3, 0.4) is 0 Å². The fourth-order valence-electron chi connectivity index (χ4n) is 2.17. The molecular formula is C17H32O2. The minimum atomic E-state index is -0.137. The fraction of sp³-hybridized carbons (Fsp3) is 0.824. The molecule has 0 aromatic heterocycles. The molecule has 0 amide bonds. The summed E-state index contributed by atoms with van der Waals surface area (Å²) in [6.07, 6.45) is 15.2. The summed E-state index contributed by atoms with van der Waals surface area (Å²) in [6, 6.07) is 0. The van der Waals surface area contributed by atoms with E-state index >= 15 is 0 Å². The van der Waals surface area contributed by atoms with Crippen molar-refractivity contribution in [2.45, 2.75) is 84.5 Å². The lowest BCUT2D eigenvalue weighted by molar-refractivity contribution is -0.136. The monoisotopic (exact) mass is 268 g/mol. The zero-order chi connectivity index (χ0) is 14.3. The summed E-state index contributed by atoms with van der Waals surface area (Å²) in [5.41, 5.74) is 0.879. The quantitative estimate of drug-likeness (QED) is 0.268. The van der Waals surface area contributed by atoms with Gasteiger partial charge in [-0.05, 0) is 19.3 Å². The van der Waals surface area contributed by atoms with Crippen LogP contribution in [0.5, 0.6) is 0 Å². The van der Waals surface area contributed by atoms with E-state index in [-0.39, 0.29) is 5.97 Å². The van der Waals surface area contributed by atoms with E-state index in [4.69, 9.17) is 4.74 Å². The first-order valence-corrected chi connectivity index (χ1v) is 8.03. The van der Waals surface area contributed by atoms with E-state index in [1.54, 1.807) is 0 Å². The lowest BCUT2D eigenvalue weighted by Crippen LogP contribution is -2.05. The molecule has 2 nitrogen and oxygen atoms in total. The molecule has 0 bridgehead atoms. The molecule has 0 saturated carbocycles. The van der Waals surface area contributed by atoms with E-state index in [9.17, 15) is 4.79 Å². The molecule has 112 valence electrons. The molecule has 0 N–H and O–H groups in total. The van der Waals surface area contributed by atoms with Crippen molar-refractivity contribution in [3.8, 4) is 0 Å². The van der Waals surface area contributed by atoms with Gasteiger partial charge in [0.2, 0.25) is 0 Å². The van der Waals surface area contributed by atoms with Crippen LogP contribution in [0.1, 0.15) is 84.5 Å². The van der Waals surface area contributed by atoms with E-state index in [0.29, 0.717) is 0 Å². The molecule has 0 radical (unpaired) electrons. The minimum Gasteiger partial charge on any atom is -0.466 e. The van der Waals surface area contributed by atoms with Crippen molar-refractivity contribution >= 4 is 5.97 Å². The highest BCUT2D eigenvalue weighted by atomic mass is 16.5. The first kappa shape index (κ1) is 18.2. The van der Waals surface area contributed by atoms with Crippen LogP contribution in [-0.4, -0.2) is 13.1 Å². The van der Waals surface area contributed by atoms with Crippen LogP contribution in [0.15, 0.2) is 11.6 Å². The van der Waals surface area contributed by atoms with Gasteiger partial charge in [0.05, 0.1) is 7.11 Å². The Morgan fingerprint density at radius 3 is 2.05 bits per heavy atom. The molecule has 0 aliphatic heterocycles. The Labute approximate surface area is 119 Å². The minimum absolute atomic E-state index is 0.137. The molecule has 0 saturated heterocycles. The van der Waals surface area contributed by atoms with E-state index in [0.717, 1.165) is 31.3 Å². The van der Waals surface area contributed by atoms with Crippen LogP contribution in [0.2, 0.25) is 0 Å². The molecule has 0 rings (SSSR count). The van der Waals surface area contributed by atoms with Crippen LogP contribution in [-0.2, 0) is 9.53 Å². The van der Waals surface area contributed by atoms with Gasteiger partial charge in [-0.15, -0.1) is 0 Å². The topological polar surface area (TPSA) is 26.3 Å². The second kappa shape index (κ2) is 13.6. The third-order valence-electron chi connectivity index (χ3n) is 3.45. The summed E-state index contributed by atoms with van der Waals surface area (Å²) in [5.74, 6) is -0.137. The zero-order valence-electron chi connectivity index (χ0n) is 13.2. The largest absolute Gasteiger partial charge is 0.466 e. The summed E-state index contributed by atoms with van der Waals surface area (Å²) in [5, 5.41) is 0. The third-order valence-corrected chi connectivity index (χ3v) is 3.45. The highest BCUT2D eigenvalue weighted by Crippen LogP contribution is 2.14. The first-order valence-electron chi connectivity index (χ1n) is 8.03. The Morgan fingerprint density at radius 1 is 0.895 bits per heavy atom. The predicted octanol–water partition coefficient (Wildman–Crippen LogP) is 5.42. The van der Waals surface area contributed by atoms with Crippen LogP contribution in [0.4, 0.5) is 0 Å². The molecule has 2 heteroatoms. The van der Waals surface area contributed by atoms with Gasteiger partial charge in [0.25, 0.3) is 0 Å². The average Bonchev–Trinajstić information content (AvgIpc) is 2.43. The number of rotatable bonds is 12. The van der Waals surface area contributed by atoms with Crippen LogP contribution < -0.4 is 0 Å². The van der Waals surface area contributed by atoms with Gasteiger partial charge in [-0.3, -0.25) is 0 Å².